The van der Waals surface area contributed by atoms with Gasteiger partial charge in [0.2, 0.25) is 0 Å². The van der Waals surface area contributed by atoms with Gasteiger partial charge in [-0.3, -0.25) is 9.69 Å². The molecule has 1 saturated heterocycles. The molecule has 1 atom stereocenters. The Morgan fingerprint density at radius 1 is 1.29 bits per heavy atom. The number of halogens is 3. The van der Waals surface area contributed by atoms with Gasteiger partial charge in [-0.1, -0.05) is 0 Å². The van der Waals surface area contributed by atoms with E-state index in [1.54, 1.807) is 4.90 Å². The van der Waals surface area contributed by atoms with Crippen molar-refractivity contribution in [3.05, 3.63) is 35.7 Å². The molecule has 0 radical (unpaired) electrons. The second kappa shape index (κ2) is 6.19. The minimum atomic E-state index is -4.41. The van der Waals surface area contributed by atoms with Crippen LogP contribution >= 0.6 is 0 Å². The SMILES string of the molecule is O=C(O)[C@@H]1CCCN1Cc1nnnn1-c1ccc(C(F)(F)F)cc1. The Balaban J connectivity index is 1.82. The summed E-state index contributed by atoms with van der Waals surface area (Å²) in [5.74, 6) is -0.524. The number of carbonyl (C=O) groups is 1. The smallest absolute Gasteiger partial charge is 0.416 e. The fourth-order valence-electron chi connectivity index (χ4n) is 2.77. The van der Waals surface area contributed by atoms with Crippen molar-refractivity contribution in [2.24, 2.45) is 0 Å². The maximum absolute atomic E-state index is 12.6. The zero-order chi connectivity index (χ0) is 17.3. The summed E-state index contributed by atoms with van der Waals surface area (Å²) in [5.41, 5.74) is -0.375. The Kier molecular flexibility index (Phi) is 4.22. The van der Waals surface area contributed by atoms with Crippen LogP contribution in [0.4, 0.5) is 13.2 Å². The van der Waals surface area contributed by atoms with Crippen molar-refractivity contribution in [2.45, 2.75) is 31.6 Å². The summed E-state index contributed by atoms with van der Waals surface area (Å²) >= 11 is 0. The molecule has 0 bridgehead atoms. The predicted molar refractivity (Wildman–Crippen MR) is 75.2 cm³/mol. The fraction of sp³-hybridized carbons (Fsp3) is 0.429. The third-order valence-corrected chi connectivity index (χ3v) is 3.97. The molecule has 3 rings (SSSR count). The number of nitrogens with zero attached hydrogens (tertiary/aromatic N) is 5. The molecule has 1 N–H and O–H groups in total. The number of aliphatic carboxylic acids is 1. The molecule has 1 fully saturated rings. The van der Waals surface area contributed by atoms with E-state index in [0.29, 0.717) is 24.5 Å². The maximum atomic E-state index is 12.6. The Bertz CT molecular complexity index is 729. The van der Waals surface area contributed by atoms with Crippen molar-refractivity contribution in [3.63, 3.8) is 0 Å². The first-order valence-electron chi connectivity index (χ1n) is 7.28. The van der Waals surface area contributed by atoms with E-state index in [0.717, 1.165) is 18.6 Å². The molecule has 0 spiro atoms. The van der Waals surface area contributed by atoms with E-state index in [4.69, 9.17) is 0 Å². The van der Waals surface area contributed by atoms with Gasteiger partial charge >= 0.3 is 12.1 Å². The van der Waals surface area contributed by atoms with Gasteiger partial charge in [0, 0.05) is 0 Å². The van der Waals surface area contributed by atoms with Crippen LogP contribution in [0.2, 0.25) is 0 Å². The van der Waals surface area contributed by atoms with Gasteiger partial charge in [0.05, 0.1) is 17.8 Å². The third kappa shape index (κ3) is 3.23. The highest BCUT2D eigenvalue weighted by molar-refractivity contribution is 5.73. The molecular weight excluding hydrogens is 327 g/mol. The number of carboxylic acids is 1. The molecule has 10 heteroatoms. The lowest BCUT2D eigenvalue weighted by atomic mass is 10.2. The second-order valence-corrected chi connectivity index (χ2v) is 5.52. The molecule has 0 unspecified atom stereocenters. The van der Waals surface area contributed by atoms with Gasteiger partial charge < -0.3 is 5.11 Å². The van der Waals surface area contributed by atoms with Crippen molar-refractivity contribution in [1.29, 1.82) is 0 Å². The van der Waals surface area contributed by atoms with Crippen molar-refractivity contribution < 1.29 is 23.1 Å². The Hall–Kier alpha value is -2.49. The number of hydrogen-bond acceptors (Lipinski definition) is 5. The number of benzene rings is 1. The molecule has 1 aromatic heterocycles. The average molecular weight is 341 g/mol. The summed E-state index contributed by atoms with van der Waals surface area (Å²) in [6.45, 7) is 0.821. The van der Waals surface area contributed by atoms with Crippen molar-refractivity contribution in [2.75, 3.05) is 6.54 Å². The molecule has 128 valence electrons. The molecule has 1 aliphatic heterocycles. The minimum absolute atomic E-state index is 0.213. The van der Waals surface area contributed by atoms with E-state index in [2.05, 4.69) is 15.5 Å². The lowest BCUT2D eigenvalue weighted by molar-refractivity contribution is -0.142. The number of hydrogen-bond donors (Lipinski definition) is 1. The summed E-state index contributed by atoms with van der Waals surface area (Å²) in [5, 5.41) is 20.4. The first-order valence-corrected chi connectivity index (χ1v) is 7.28. The monoisotopic (exact) mass is 341 g/mol. The standard InChI is InChI=1S/C14H14F3N5O2/c15-14(16,17)9-3-5-10(6-4-9)22-12(18-19-20-22)8-21-7-1-2-11(21)13(23)24/h3-6,11H,1-2,7-8H2,(H,23,24)/t11-/m0/s1. The number of carboxylic acid groups (broad SMARTS) is 1. The minimum Gasteiger partial charge on any atom is -0.480 e. The molecular formula is C14H14F3N5O2. The highest BCUT2D eigenvalue weighted by atomic mass is 19.4. The normalized spacial score (nSPS) is 18.9. The van der Waals surface area contributed by atoms with Gasteiger partial charge in [-0.2, -0.15) is 17.9 Å². The van der Waals surface area contributed by atoms with Gasteiger partial charge in [0.1, 0.15) is 6.04 Å². The van der Waals surface area contributed by atoms with E-state index in [1.165, 1.54) is 16.8 Å². The number of rotatable bonds is 4. The fourth-order valence-corrected chi connectivity index (χ4v) is 2.77. The zero-order valence-corrected chi connectivity index (χ0v) is 12.4. The maximum Gasteiger partial charge on any atom is 0.416 e. The Labute approximate surface area is 134 Å². The first-order chi connectivity index (χ1) is 11.4. The van der Waals surface area contributed by atoms with Crippen LogP contribution in [-0.4, -0.2) is 48.8 Å². The average Bonchev–Trinajstić information content (AvgIpc) is 3.16. The van der Waals surface area contributed by atoms with Gasteiger partial charge in [0.25, 0.3) is 0 Å². The van der Waals surface area contributed by atoms with Crippen LogP contribution in [0.25, 0.3) is 5.69 Å². The summed E-state index contributed by atoms with van der Waals surface area (Å²) in [6, 6.07) is 3.87. The summed E-state index contributed by atoms with van der Waals surface area (Å²) < 4.78 is 39.2. The van der Waals surface area contributed by atoms with Gasteiger partial charge in [-0.25, -0.2) is 0 Å². The second-order valence-electron chi connectivity index (χ2n) is 5.52. The molecule has 0 amide bonds. The van der Waals surface area contributed by atoms with Crippen LogP contribution < -0.4 is 0 Å². The number of alkyl halides is 3. The lowest BCUT2D eigenvalue weighted by Gasteiger charge is -2.20. The van der Waals surface area contributed by atoms with Gasteiger partial charge in [-0.15, -0.1) is 5.10 Å². The quantitative estimate of drug-likeness (QED) is 0.912. The van der Waals surface area contributed by atoms with Crippen LogP contribution in [-0.2, 0) is 17.5 Å². The third-order valence-electron chi connectivity index (χ3n) is 3.97. The molecule has 0 aliphatic carbocycles. The van der Waals surface area contributed by atoms with Crippen LogP contribution in [0, 0.1) is 0 Å². The van der Waals surface area contributed by atoms with Crippen molar-refractivity contribution in [1.82, 2.24) is 25.1 Å². The number of likely N-dealkylation sites (tertiary alicyclic amines) is 1. The van der Waals surface area contributed by atoms with E-state index < -0.39 is 23.8 Å². The summed E-state index contributed by atoms with van der Waals surface area (Å²) in [7, 11) is 0. The molecule has 2 heterocycles. The van der Waals surface area contributed by atoms with E-state index in [9.17, 15) is 23.1 Å². The van der Waals surface area contributed by atoms with Gasteiger partial charge in [0.15, 0.2) is 5.82 Å². The largest absolute Gasteiger partial charge is 0.480 e. The molecule has 2 aromatic rings. The van der Waals surface area contributed by atoms with Crippen LogP contribution in [0.5, 0.6) is 0 Å². The van der Waals surface area contributed by atoms with E-state index in [-0.39, 0.29) is 6.54 Å². The molecule has 7 nitrogen and oxygen atoms in total. The summed E-state index contributed by atoms with van der Waals surface area (Å²) in [6.07, 6.45) is -3.10. The Morgan fingerprint density at radius 2 is 2.00 bits per heavy atom. The van der Waals surface area contributed by atoms with Gasteiger partial charge in [-0.05, 0) is 54.1 Å². The summed E-state index contributed by atoms with van der Waals surface area (Å²) in [4.78, 5) is 13.0. The zero-order valence-electron chi connectivity index (χ0n) is 12.4. The van der Waals surface area contributed by atoms with Crippen molar-refractivity contribution >= 4 is 5.97 Å². The topological polar surface area (TPSA) is 84.1 Å². The van der Waals surface area contributed by atoms with Crippen LogP contribution in [0.15, 0.2) is 24.3 Å². The highest BCUT2D eigenvalue weighted by Crippen LogP contribution is 2.29. The Morgan fingerprint density at radius 3 is 2.62 bits per heavy atom. The van der Waals surface area contributed by atoms with E-state index >= 15 is 0 Å². The molecule has 24 heavy (non-hydrogen) atoms. The van der Waals surface area contributed by atoms with E-state index in [1.807, 2.05) is 0 Å². The first kappa shape index (κ1) is 16.4. The van der Waals surface area contributed by atoms with Crippen LogP contribution in [0.3, 0.4) is 0 Å². The van der Waals surface area contributed by atoms with Crippen molar-refractivity contribution in [3.8, 4) is 5.69 Å². The lowest BCUT2D eigenvalue weighted by Crippen LogP contribution is -2.36. The molecule has 1 aromatic carbocycles. The number of aromatic nitrogens is 4. The predicted octanol–water partition coefficient (Wildman–Crippen LogP) is 1.73. The molecule has 0 saturated carbocycles. The molecule has 1 aliphatic rings. The van der Waals surface area contributed by atoms with Crippen LogP contribution in [0.1, 0.15) is 24.2 Å². The number of tetrazole rings is 1. The highest BCUT2D eigenvalue weighted by Gasteiger charge is 2.32.